The third-order valence-electron chi connectivity index (χ3n) is 2.91. The van der Waals surface area contributed by atoms with Crippen molar-refractivity contribution in [3.8, 4) is 0 Å². The molecular formula is C19H17P. The molecule has 98 valence electrons. The lowest BCUT2D eigenvalue weighted by atomic mass is 9.98. The van der Waals surface area contributed by atoms with Crippen LogP contribution >= 0.6 is 7.92 Å². The minimum atomic E-state index is -3.01. The van der Waals surface area contributed by atoms with Gasteiger partial charge in [0.15, 0.2) is 0 Å². The van der Waals surface area contributed by atoms with Crippen LogP contribution in [0.2, 0.25) is 0 Å². The van der Waals surface area contributed by atoms with Crippen molar-refractivity contribution in [1.29, 1.82) is 0 Å². The Bertz CT molecular complexity index is 1330. The zero-order valence-corrected chi connectivity index (χ0v) is 11.3. The van der Waals surface area contributed by atoms with Crippen molar-refractivity contribution in [2.75, 3.05) is 0 Å². The van der Waals surface area contributed by atoms with E-state index in [0.717, 1.165) is 0 Å². The molecular weight excluding hydrogens is 259 g/mol. The molecule has 0 saturated heterocycles. The topological polar surface area (TPSA) is 0 Å². The molecule has 0 radical (unpaired) electrons. The smallest absolute Gasteiger partial charge is 0.0632 e. The summed E-state index contributed by atoms with van der Waals surface area (Å²) in [5.74, 6) is 0. The lowest BCUT2D eigenvalue weighted by Crippen LogP contribution is -2.09. The molecule has 1 aliphatic heterocycles. The van der Waals surface area contributed by atoms with Crippen LogP contribution < -0.4 is 5.30 Å². The maximum Gasteiger partial charge on any atom is 0.0632 e. The van der Waals surface area contributed by atoms with E-state index in [9.17, 15) is 0 Å². The van der Waals surface area contributed by atoms with Gasteiger partial charge in [-0.05, 0) is 46.4 Å². The molecule has 3 aromatic carbocycles. The summed E-state index contributed by atoms with van der Waals surface area (Å²) < 4.78 is 118. The summed E-state index contributed by atoms with van der Waals surface area (Å²) in [6, 6.07) is -6.56. The highest BCUT2D eigenvalue weighted by atomic mass is 31.1. The van der Waals surface area contributed by atoms with Crippen molar-refractivity contribution < 1.29 is 19.2 Å². The van der Waals surface area contributed by atoms with Gasteiger partial charge in [0.25, 0.3) is 0 Å². The Morgan fingerprint density at radius 1 is 0.950 bits per heavy atom. The van der Waals surface area contributed by atoms with Gasteiger partial charge in [0.05, 0.1) is 13.7 Å². The normalized spacial score (nSPS) is 32.4. The molecule has 1 heterocycles. The third-order valence-corrected chi connectivity index (χ3v) is 4.47. The lowest BCUT2D eigenvalue weighted by Gasteiger charge is -2.26. The third kappa shape index (κ3) is 1.96. The van der Waals surface area contributed by atoms with Crippen LogP contribution in [-0.2, 0) is 12.2 Å². The highest BCUT2D eigenvalue weighted by Crippen LogP contribution is 2.49. The van der Waals surface area contributed by atoms with E-state index < -0.39 is 91.0 Å². The van der Waals surface area contributed by atoms with Crippen molar-refractivity contribution in [3.05, 3.63) is 77.1 Å². The number of hydrogen-bond acceptors (Lipinski definition) is 0. The van der Waals surface area contributed by atoms with Crippen molar-refractivity contribution in [2.24, 2.45) is 0 Å². The van der Waals surface area contributed by atoms with Gasteiger partial charge in [-0.15, -0.1) is 0 Å². The second-order valence-electron chi connectivity index (χ2n) is 4.28. The Labute approximate surface area is 140 Å². The molecule has 0 bridgehead atoms. The van der Waals surface area contributed by atoms with Gasteiger partial charge < -0.3 is 0 Å². The maximum atomic E-state index is 8.95. The Morgan fingerprint density at radius 3 is 2.60 bits per heavy atom. The van der Waals surface area contributed by atoms with Gasteiger partial charge in [-0.25, -0.2) is 0 Å². The molecule has 0 nitrogen and oxygen atoms in total. The van der Waals surface area contributed by atoms with Gasteiger partial charge in [0.2, 0.25) is 0 Å². The monoisotopic (exact) mass is 290 g/mol. The van der Waals surface area contributed by atoms with E-state index in [1.54, 1.807) is 0 Å². The van der Waals surface area contributed by atoms with Gasteiger partial charge in [-0.2, -0.15) is 0 Å². The van der Waals surface area contributed by atoms with E-state index in [0.29, 0.717) is 0 Å². The van der Waals surface area contributed by atoms with Gasteiger partial charge in [-0.1, -0.05) is 73.9 Å². The van der Waals surface area contributed by atoms with Crippen LogP contribution in [0.5, 0.6) is 0 Å². The van der Waals surface area contributed by atoms with Crippen molar-refractivity contribution >= 4 is 24.0 Å². The second kappa shape index (κ2) is 4.72. The van der Waals surface area contributed by atoms with E-state index >= 15 is 0 Å². The zero-order chi connectivity index (χ0) is 25.8. The molecule has 0 saturated carbocycles. The first-order valence-corrected chi connectivity index (χ1v) is 7.26. The van der Waals surface area contributed by atoms with E-state index in [1.807, 2.05) is 0 Å². The lowest BCUT2D eigenvalue weighted by molar-refractivity contribution is 1.29. The molecule has 1 heteroatoms. The standard InChI is InChI=1S/C19H17P/c1-14-10-15-6-5-7-16-12-20(13-17(11-14)19(15)16)18-8-3-2-4-9-18/h2-11H,12-13H2,1H3/i2D,3D,4D,5D,6D,7D,8D,9D,10D,11D,12D2,13D2. The van der Waals surface area contributed by atoms with Crippen LogP contribution in [0.1, 0.15) is 35.9 Å². The first-order valence-electron chi connectivity index (χ1n) is 12.9. The van der Waals surface area contributed by atoms with Gasteiger partial charge >= 0.3 is 0 Å². The molecule has 0 aromatic heterocycles. The SMILES string of the molecule is [2H]c1c([2H])c([2H])c(P2C([2H])([2H])c3c([2H])c([2H])c([2H])c4c([2H])c(C)c([2H])c(c34)C2([2H])[2H])c([2H])c1[2H]. The Kier molecular flexibility index (Phi) is 1.04. The van der Waals surface area contributed by atoms with Gasteiger partial charge in [0.1, 0.15) is 0 Å². The highest BCUT2D eigenvalue weighted by molar-refractivity contribution is 7.64. The number of rotatable bonds is 1. The van der Waals surface area contributed by atoms with E-state index in [-0.39, 0.29) is 22.4 Å². The predicted molar refractivity (Wildman–Crippen MR) is 89.1 cm³/mol. The average Bonchev–Trinajstić information content (AvgIpc) is 2.74. The van der Waals surface area contributed by atoms with E-state index in [1.165, 1.54) is 6.92 Å². The molecule has 3 aromatic rings. The quantitative estimate of drug-likeness (QED) is 0.555. The average molecular weight is 290 g/mol. The van der Waals surface area contributed by atoms with E-state index in [4.69, 9.17) is 19.2 Å². The summed E-state index contributed by atoms with van der Waals surface area (Å²) in [6.45, 7) is 1.37. The summed E-state index contributed by atoms with van der Waals surface area (Å²) >= 11 is 0. The summed E-state index contributed by atoms with van der Waals surface area (Å²) in [4.78, 5) is 0. The van der Waals surface area contributed by atoms with Crippen LogP contribution in [-0.4, -0.2) is 0 Å². The summed E-state index contributed by atoms with van der Waals surface area (Å²) in [6.07, 6.45) is -5.59. The minimum absolute atomic E-state index is 0.0126. The van der Waals surface area contributed by atoms with Crippen molar-refractivity contribution in [2.45, 2.75) is 19.2 Å². The number of hydrogen-bond donors (Lipinski definition) is 0. The summed E-state index contributed by atoms with van der Waals surface area (Å²) in [5, 5.41) is -1.13. The molecule has 4 rings (SSSR count). The molecule has 1 atom stereocenters. The molecule has 0 fully saturated rings. The Balaban J connectivity index is 2.31. The Morgan fingerprint density at radius 2 is 1.75 bits per heavy atom. The highest BCUT2D eigenvalue weighted by Gasteiger charge is 2.21. The minimum Gasteiger partial charge on any atom is -0.0663 e. The molecule has 1 unspecified atom stereocenters. The summed E-state index contributed by atoms with van der Waals surface area (Å²) in [5.41, 5.74) is -0.920. The molecule has 0 aliphatic carbocycles. The first kappa shape index (κ1) is 4.42. The van der Waals surface area contributed by atoms with Gasteiger partial charge in [-0.3, -0.25) is 0 Å². The molecule has 20 heavy (non-hydrogen) atoms. The number of benzene rings is 3. The van der Waals surface area contributed by atoms with Crippen molar-refractivity contribution in [1.82, 2.24) is 0 Å². The molecule has 0 spiro atoms. The molecule has 0 amide bonds. The predicted octanol–water partition coefficient (Wildman–Crippen LogP) is 4.97. The van der Waals surface area contributed by atoms with Crippen molar-refractivity contribution in [3.63, 3.8) is 0 Å². The fraction of sp³-hybridized carbons (Fsp3) is 0.158. The zero-order valence-electron chi connectivity index (χ0n) is 24.4. The first-order chi connectivity index (χ1) is 15.5. The fourth-order valence-corrected chi connectivity index (χ4v) is 3.50. The van der Waals surface area contributed by atoms with E-state index in [2.05, 4.69) is 0 Å². The molecule has 1 aliphatic rings. The fourth-order valence-electron chi connectivity index (χ4n) is 2.11. The maximum absolute atomic E-state index is 8.95. The summed E-state index contributed by atoms with van der Waals surface area (Å²) in [7, 11) is -3.01. The van der Waals surface area contributed by atoms with Crippen LogP contribution in [0, 0.1) is 6.92 Å². The largest absolute Gasteiger partial charge is 0.0663 e. The van der Waals surface area contributed by atoms with Crippen LogP contribution in [0.4, 0.5) is 0 Å². The van der Waals surface area contributed by atoms with Crippen LogP contribution in [0.25, 0.3) is 10.8 Å². The van der Waals surface area contributed by atoms with Gasteiger partial charge in [0, 0.05) is 5.48 Å². The van der Waals surface area contributed by atoms with Crippen LogP contribution in [0.3, 0.4) is 0 Å². The molecule has 0 N–H and O–H groups in total. The van der Waals surface area contributed by atoms with Crippen LogP contribution in [0.15, 0.2) is 60.4 Å². The second-order valence-corrected chi connectivity index (χ2v) is 5.85. The Hall–Kier alpha value is -1.65.